The molecule has 0 amide bonds. The fourth-order valence-corrected chi connectivity index (χ4v) is 3.64. The number of aromatic amines is 1. The lowest BCUT2D eigenvalue weighted by atomic mass is 10.1. The molecule has 1 unspecified atom stereocenters. The number of ether oxygens (including phenoxy) is 3. The number of hydrogen-bond donors (Lipinski definition) is 2. The molecule has 1 aromatic heterocycles. The minimum absolute atomic E-state index is 0.0210. The highest BCUT2D eigenvalue weighted by molar-refractivity contribution is 6.09. The van der Waals surface area contributed by atoms with Gasteiger partial charge in [-0.05, 0) is 46.7 Å². The largest absolute Gasteiger partial charge is 0.493 e. The minimum Gasteiger partial charge on any atom is -0.493 e. The summed E-state index contributed by atoms with van der Waals surface area (Å²) in [5.41, 5.74) is 7.22. The SMILES string of the molecule is NC1(c2nn[nH]n2)COc2cccc(C(=O)C=Cc3ccc(OCCc4ccccc4)cc3)c2O1. The Labute approximate surface area is 201 Å². The quantitative estimate of drug-likeness (QED) is 0.297. The van der Waals surface area contributed by atoms with Gasteiger partial charge in [0.1, 0.15) is 12.4 Å². The second-order valence-corrected chi connectivity index (χ2v) is 8.00. The highest BCUT2D eigenvalue weighted by Crippen LogP contribution is 2.39. The summed E-state index contributed by atoms with van der Waals surface area (Å²) in [6, 6.07) is 22.8. The summed E-state index contributed by atoms with van der Waals surface area (Å²) in [6.07, 6.45) is 4.04. The highest BCUT2D eigenvalue weighted by Gasteiger charge is 2.41. The van der Waals surface area contributed by atoms with Crippen LogP contribution in [0, 0.1) is 0 Å². The molecule has 0 radical (unpaired) electrons. The number of fused-ring (bicyclic) bond motifs is 1. The van der Waals surface area contributed by atoms with E-state index in [1.54, 1.807) is 24.3 Å². The van der Waals surface area contributed by atoms with Crippen molar-refractivity contribution in [3.05, 3.63) is 101 Å². The summed E-state index contributed by atoms with van der Waals surface area (Å²) in [4.78, 5) is 13.0. The first-order valence-corrected chi connectivity index (χ1v) is 11.1. The number of tetrazole rings is 1. The third kappa shape index (κ3) is 5.04. The van der Waals surface area contributed by atoms with Crippen molar-refractivity contribution in [1.82, 2.24) is 20.6 Å². The van der Waals surface area contributed by atoms with E-state index in [-0.39, 0.29) is 24.0 Å². The number of carbonyl (C=O) groups excluding carboxylic acids is 1. The summed E-state index contributed by atoms with van der Waals surface area (Å²) in [5.74, 6) is 1.31. The lowest BCUT2D eigenvalue weighted by Crippen LogP contribution is -2.51. The molecule has 4 aromatic rings. The van der Waals surface area contributed by atoms with Gasteiger partial charge in [0.15, 0.2) is 17.3 Å². The average Bonchev–Trinajstić information content (AvgIpc) is 3.45. The third-order valence-corrected chi connectivity index (χ3v) is 5.50. The van der Waals surface area contributed by atoms with Gasteiger partial charge in [-0.3, -0.25) is 10.5 Å². The van der Waals surface area contributed by atoms with Gasteiger partial charge >= 0.3 is 0 Å². The van der Waals surface area contributed by atoms with Crippen molar-refractivity contribution in [2.45, 2.75) is 12.1 Å². The van der Waals surface area contributed by atoms with Crippen molar-refractivity contribution in [2.24, 2.45) is 5.73 Å². The van der Waals surface area contributed by atoms with Gasteiger partial charge in [-0.2, -0.15) is 5.21 Å². The van der Waals surface area contributed by atoms with Crippen LogP contribution in [-0.4, -0.2) is 39.6 Å². The van der Waals surface area contributed by atoms with Gasteiger partial charge in [0, 0.05) is 6.42 Å². The minimum atomic E-state index is -1.46. The molecule has 1 atom stereocenters. The Morgan fingerprint density at radius 1 is 1.09 bits per heavy atom. The molecule has 1 aliphatic rings. The first kappa shape index (κ1) is 22.3. The Hall–Kier alpha value is -4.50. The molecule has 0 fully saturated rings. The molecular weight excluding hydrogens is 446 g/mol. The average molecular weight is 470 g/mol. The molecule has 0 spiro atoms. The summed E-state index contributed by atoms with van der Waals surface area (Å²) in [5, 5.41) is 13.6. The van der Waals surface area contributed by atoms with E-state index < -0.39 is 5.72 Å². The first-order chi connectivity index (χ1) is 17.1. The number of rotatable bonds is 8. The van der Waals surface area contributed by atoms with Crippen LogP contribution in [0.5, 0.6) is 17.2 Å². The zero-order chi connectivity index (χ0) is 24.1. The maximum absolute atomic E-state index is 13.0. The summed E-state index contributed by atoms with van der Waals surface area (Å²) >= 11 is 0. The van der Waals surface area contributed by atoms with Crippen LogP contribution < -0.4 is 19.9 Å². The Bertz CT molecular complexity index is 1320. The van der Waals surface area contributed by atoms with E-state index in [9.17, 15) is 4.79 Å². The van der Waals surface area contributed by atoms with Gasteiger partial charge in [-0.15, -0.1) is 10.2 Å². The number of allylic oxidation sites excluding steroid dienone is 1. The van der Waals surface area contributed by atoms with E-state index in [4.69, 9.17) is 19.9 Å². The predicted octanol–water partition coefficient (Wildman–Crippen LogP) is 3.30. The smallest absolute Gasteiger partial charge is 0.257 e. The molecule has 9 nitrogen and oxygen atoms in total. The fraction of sp³-hybridized carbons (Fsp3) is 0.154. The normalized spacial score (nSPS) is 16.8. The molecular formula is C26H23N5O4. The van der Waals surface area contributed by atoms with E-state index in [0.717, 1.165) is 17.7 Å². The van der Waals surface area contributed by atoms with Gasteiger partial charge in [0.25, 0.3) is 5.72 Å². The summed E-state index contributed by atoms with van der Waals surface area (Å²) in [6.45, 7) is 0.568. The van der Waals surface area contributed by atoms with Crippen LogP contribution in [-0.2, 0) is 12.1 Å². The zero-order valence-electron chi connectivity index (χ0n) is 18.8. The number of aromatic nitrogens is 4. The molecule has 3 aromatic carbocycles. The molecule has 5 rings (SSSR count). The second kappa shape index (κ2) is 9.78. The number of nitrogens with zero attached hydrogens (tertiary/aromatic N) is 3. The van der Waals surface area contributed by atoms with Crippen LogP contribution in [0.1, 0.15) is 27.3 Å². The second-order valence-electron chi connectivity index (χ2n) is 8.00. The Morgan fingerprint density at radius 3 is 2.69 bits per heavy atom. The number of H-pyrrole nitrogens is 1. The van der Waals surface area contributed by atoms with Gasteiger partial charge in [-0.25, -0.2) is 0 Å². The number of hydrogen-bond acceptors (Lipinski definition) is 8. The molecule has 0 saturated carbocycles. The molecule has 0 aliphatic carbocycles. The summed E-state index contributed by atoms with van der Waals surface area (Å²) < 4.78 is 17.5. The number of nitrogens with one attached hydrogen (secondary N) is 1. The fourth-order valence-electron chi connectivity index (χ4n) is 3.64. The Balaban J connectivity index is 1.24. The maximum atomic E-state index is 13.0. The van der Waals surface area contributed by atoms with Gasteiger partial charge < -0.3 is 14.2 Å². The maximum Gasteiger partial charge on any atom is 0.257 e. The van der Waals surface area contributed by atoms with Crippen LogP contribution in [0.25, 0.3) is 6.08 Å². The number of carbonyl (C=O) groups is 1. The predicted molar refractivity (Wildman–Crippen MR) is 128 cm³/mol. The van der Waals surface area contributed by atoms with Gasteiger partial charge in [-0.1, -0.05) is 54.6 Å². The van der Waals surface area contributed by atoms with Crippen molar-refractivity contribution in [2.75, 3.05) is 13.2 Å². The van der Waals surface area contributed by atoms with Crippen LogP contribution in [0.3, 0.4) is 0 Å². The molecule has 35 heavy (non-hydrogen) atoms. The van der Waals surface area contributed by atoms with E-state index >= 15 is 0 Å². The van der Waals surface area contributed by atoms with Crippen LogP contribution in [0.4, 0.5) is 0 Å². The lowest BCUT2D eigenvalue weighted by Gasteiger charge is -2.33. The van der Waals surface area contributed by atoms with Crippen LogP contribution in [0.15, 0.2) is 78.9 Å². The Morgan fingerprint density at radius 2 is 1.91 bits per heavy atom. The monoisotopic (exact) mass is 469 g/mol. The number of ketones is 1. The topological polar surface area (TPSA) is 125 Å². The highest BCUT2D eigenvalue weighted by atomic mass is 16.6. The molecule has 9 heteroatoms. The number of benzene rings is 3. The summed E-state index contributed by atoms with van der Waals surface area (Å²) in [7, 11) is 0. The van der Waals surface area contributed by atoms with Gasteiger partial charge in [0.2, 0.25) is 5.82 Å². The first-order valence-electron chi connectivity index (χ1n) is 11.1. The van der Waals surface area contributed by atoms with E-state index in [1.807, 2.05) is 42.5 Å². The van der Waals surface area contributed by atoms with Crippen molar-refractivity contribution in [3.63, 3.8) is 0 Å². The van der Waals surface area contributed by atoms with Crippen molar-refractivity contribution >= 4 is 11.9 Å². The molecule has 0 saturated heterocycles. The third-order valence-electron chi connectivity index (χ3n) is 5.50. The van der Waals surface area contributed by atoms with Crippen LogP contribution in [0.2, 0.25) is 0 Å². The van der Waals surface area contributed by atoms with Crippen molar-refractivity contribution in [3.8, 4) is 17.2 Å². The molecule has 176 valence electrons. The lowest BCUT2D eigenvalue weighted by molar-refractivity contribution is -0.0154. The standard InChI is InChI=1S/C26H23N5O4/c27-26(25-28-30-31-29-25)17-34-23-8-4-7-21(24(23)35-26)22(32)14-11-19-9-12-20(13-10-19)33-16-15-18-5-2-1-3-6-18/h1-14H,15-17,27H2,(H,28,29,30,31). The van der Waals surface area contributed by atoms with E-state index in [1.165, 1.54) is 11.6 Å². The van der Waals surface area contributed by atoms with E-state index in [2.05, 4.69) is 32.8 Å². The number of para-hydroxylation sites is 1. The molecule has 3 N–H and O–H groups in total. The Kier molecular flexibility index (Phi) is 6.23. The molecule has 0 bridgehead atoms. The van der Waals surface area contributed by atoms with Crippen molar-refractivity contribution < 1.29 is 19.0 Å². The van der Waals surface area contributed by atoms with Gasteiger partial charge in [0.05, 0.1) is 12.2 Å². The molecule has 2 heterocycles. The van der Waals surface area contributed by atoms with Crippen LogP contribution >= 0.6 is 0 Å². The molecule has 1 aliphatic heterocycles. The van der Waals surface area contributed by atoms with Crippen molar-refractivity contribution in [1.29, 1.82) is 0 Å². The van der Waals surface area contributed by atoms with E-state index in [0.29, 0.717) is 17.9 Å². The number of nitrogens with two attached hydrogens (primary N) is 1. The zero-order valence-corrected chi connectivity index (χ0v) is 18.8.